The van der Waals surface area contributed by atoms with E-state index in [4.69, 9.17) is 16.3 Å². The van der Waals surface area contributed by atoms with Crippen molar-refractivity contribution in [2.24, 2.45) is 10.2 Å². The minimum atomic E-state index is -0.685. The van der Waals surface area contributed by atoms with E-state index in [1.54, 1.807) is 22.8 Å². The standard InChI is InChI=1S/C23H17ClN4O5/c24-19-7-3-1-5-15(19)13-27-20-8-4-2-6-18(20)22(23(27)30)26-25-21(29)14-33-17-11-9-16(10-12-17)28(31)32/h1-12,30H,13-14H2. The van der Waals surface area contributed by atoms with Crippen LogP contribution >= 0.6 is 11.6 Å². The molecule has 166 valence electrons. The lowest BCUT2D eigenvalue weighted by atomic mass is 10.2. The smallest absolute Gasteiger partial charge is 0.302 e. The van der Waals surface area contributed by atoms with Crippen LogP contribution in [0.3, 0.4) is 0 Å². The quantitative estimate of drug-likeness (QED) is 0.215. The number of hydrogen-bond acceptors (Lipinski definition) is 6. The summed E-state index contributed by atoms with van der Waals surface area (Å²) in [5, 5.41) is 30.3. The van der Waals surface area contributed by atoms with Crippen LogP contribution in [0.2, 0.25) is 5.02 Å². The van der Waals surface area contributed by atoms with Crippen molar-refractivity contribution in [3.05, 3.63) is 93.5 Å². The third-order valence-corrected chi connectivity index (χ3v) is 5.24. The Morgan fingerprint density at radius 2 is 1.76 bits per heavy atom. The molecule has 0 saturated carbocycles. The van der Waals surface area contributed by atoms with Gasteiger partial charge in [-0.2, -0.15) is 0 Å². The van der Waals surface area contributed by atoms with Crippen molar-refractivity contribution in [1.29, 1.82) is 0 Å². The summed E-state index contributed by atoms with van der Waals surface area (Å²) in [6, 6.07) is 19.8. The summed E-state index contributed by atoms with van der Waals surface area (Å²) in [7, 11) is 0. The Morgan fingerprint density at radius 3 is 2.48 bits per heavy atom. The Hall–Kier alpha value is -4.24. The predicted molar refractivity (Wildman–Crippen MR) is 122 cm³/mol. The number of non-ortho nitro benzene ring substituents is 1. The largest absolute Gasteiger partial charge is 0.493 e. The molecule has 1 N–H and O–H groups in total. The SMILES string of the molecule is O=C(COc1ccc([N+](=O)[O-])cc1)N=Nc1c(O)n(Cc2ccccc2Cl)c2ccccc12. The molecule has 4 aromatic rings. The van der Waals surface area contributed by atoms with Crippen LogP contribution in [0, 0.1) is 10.1 Å². The fourth-order valence-corrected chi connectivity index (χ4v) is 3.47. The number of hydrogen-bond donors (Lipinski definition) is 1. The second-order valence-corrected chi connectivity index (χ2v) is 7.41. The number of rotatable bonds is 7. The third kappa shape index (κ3) is 4.83. The molecule has 0 atom stereocenters. The molecule has 9 nitrogen and oxygen atoms in total. The number of ether oxygens (including phenoxy) is 1. The second kappa shape index (κ2) is 9.49. The Bertz CT molecular complexity index is 1370. The molecule has 10 heteroatoms. The fourth-order valence-electron chi connectivity index (χ4n) is 3.27. The van der Waals surface area contributed by atoms with E-state index in [1.165, 1.54) is 24.3 Å². The number of benzene rings is 3. The number of halogens is 1. The number of azo groups is 1. The maximum Gasteiger partial charge on any atom is 0.302 e. The van der Waals surface area contributed by atoms with Gasteiger partial charge in [-0.3, -0.25) is 14.9 Å². The Morgan fingerprint density at radius 1 is 1.06 bits per heavy atom. The molecule has 0 aliphatic rings. The van der Waals surface area contributed by atoms with E-state index < -0.39 is 17.4 Å². The fraction of sp³-hybridized carbons (Fsp3) is 0.0870. The summed E-state index contributed by atoms with van der Waals surface area (Å²) in [4.78, 5) is 22.3. The molecule has 1 amide bonds. The predicted octanol–water partition coefficient (Wildman–Crippen LogP) is 5.65. The van der Waals surface area contributed by atoms with Gasteiger partial charge in [-0.05, 0) is 29.8 Å². The summed E-state index contributed by atoms with van der Waals surface area (Å²) in [5.41, 5.74) is 1.59. The van der Waals surface area contributed by atoms with Gasteiger partial charge in [-0.25, -0.2) is 0 Å². The van der Waals surface area contributed by atoms with Gasteiger partial charge >= 0.3 is 5.91 Å². The Labute approximate surface area is 192 Å². The van der Waals surface area contributed by atoms with Gasteiger partial charge in [-0.1, -0.05) is 48.0 Å². The first-order chi connectivity index (χ1) is 15.9. The maximum atomic E-state index is 12.2. The highest BCUT2D eigenvalue weighted by molar-refractivity contribution is 6.31. The number of amides is 1. The molecule has 1 aromatic heterocycles. The number of carbonyl (C=O) groups excluding carboxylic acids is 1. The van der Waals surface area contributed by atoms with Crippen LogP contribution in [0.25, 0.3) is 10.9 Å². The number of nitrogens with zero attached hydrogens (tertiary/aromatic N) is 4. The molecule has 0 radical (unpaired) electrons. The van der Waals surface area contributed by atoms with Crippen LogP contribution in [0.4, 0.5) is 11.4 Å². The zero-order valence-corrected chi connectivity index (χ0v) is 17.8. The number of nitro groups is 1. The van der Waals surface area contributed by atoms with Crippen molar-refractivity contribution in [2.75, 3.05) is 6.61 Å². The van der Waals surface area contributed by atoms with Crippen molar-refractivity contribution in [1.82, 2.24) is 4.57 Å². The zero-order valence-electron chi connectivity index (χ0n) is 17.1. The summed E-state index contributed by atoms with van der Waals surface area (Å²) >= 11 is 6.27. The van der Waals surface area contributed by atoms with Gasteiger partial charge in [0.05, 0.1) is 17.0 Å². The van der Waals surface area contributed by atoms with Crippen molar-refractivity contribution in [3.8, 4) is 11.6 Å². The summed E-state index contributed by atoms with van der Waals surface area (Å²) < 4.78 is 6.94. The van der Waals surface area contributed by atoms with Gasteiger partial charge < -0.3 is 14.4 Å². The molecule has 3 aromatic carbocycles. The lowest BCUT2D eigenvalue weighted by Gasteiger charge is -2.08. The van der Waals surface area contributed by atoms with Gasteiger partial charge in [0.15, 0.2) is 12.3 Å². The van der Waals surface area contributed by atoms with Gasteiger partial charge in [-0.15, -0.1) is 10.2 Å². The van der Waals surface area contributed by atoms with Crippen LogP contribution < -0.4 is 4.74 Å². The number of carbonyl (C=O) groups is 1. The molecule has 0 fully saturated rings. The highest BCUT2D eigenvalue weighted by Crippen LogP contribution is 2.39. The van der Waals surface area contributed by atoms with Crippen molar-refractivity contribution >= 4 is 39.8 Å². The van der Waals surface area contributed by atoms with Crippen LogP contribution in [0.5, 0.6) is 11.6 Å². The van der Waals surface area contributed by atoms with E-state index in [9.17, 15) is 20.0 Å². The highest BCUT2D eigenvalue weighted by atomic mass is 35.5. The van der Waals surface area contributed by atoms with Gasteiger partial charge in [0.1, 0.15) is 5.75 Å². The highest BCUT2D eigenvalue weighted by Gasteiger charge is 2.18. The minimum Gasteiger partial charge on any atom is -0.493 e. The molecule has 0 spiro atoms. The van der Waals surface area contributed by atoms with Crippen molar-refractivity contribution < 1.29 is 19.6 Å². The molecule has 0 saturated heterocycles. The molecular weight excluding hydrogens is 448 g/mol. The average molecular weight is 465 g/mol. The third-order valence-electron chi connectivity index (χ3n) is 4.88. The summed E-state index contributed by atoms with van der Waals surface area (Å²) in [5.74, 6) is -0.553. The van der Waals surface area contributed by atoms with Crippen LogP contribution in [-0.4, -0.2) is 27.1 Å². The number of para-hydroxylation sites is 1. The first-order valence-corrected chi connectivity index (χ1v) is 10.2. The van der Waals surface area contributed by atoms with Crippen molar-refractivity contribution in [2.45, 2.75) is 6.54 Å². The number of aromatic nitrogens is 1. The minimum absolute atomic E-state index is 0.0861. The van der Waals surface area contributed by atoms with E-state index in [0.29, 0.717) is 22.5 Å². The molecular formula is C23H17ClN4O5. The first-order valence-electron chi connectivity index (χ1n) is 9.79. The zero-order chi connectivity index (χ0) is 23.4. The molecule has 0 aliphatic carbocycles. The Kier molecular flexibility index (Phi) is 6.32. The maximum absolute atomic E-state index is 12.2. The first kappa shape index (κ1) is 22.0. The summed E-state index contributed by atoms with van der Waals surface area (Å²) in [6.45, 7) is -0.112. The van der Waals surface area contributed by atoms with Crippen molar-refractivity contribution in [3.63, 3.8) is 0 Å². The van der Waals surface area contributed by atoms with Crippen LogP contribution in [0.15, 0.2) is 83.0 Å². The van der Waals surface area contributed by atoms with E-state index in [-0.39, 0.29) is 23.0 Å². The van der Waals surface area contributed by atoms with E-state index in [0.717, 1.165) is 5.56 Å². The molecule has 33 heavy (non-hydrogen) atoms. The topological polar surface area (TPSA) is 119 Å². The lowest BCUT2D eigenvalue weighted by Crippen LogP contribution is -2.07. The number of aromatic hydroxyl groups is 1. The van der Waals surface area contributed by atoms with Crippen LogP contribution in [-0.2, 0) is 11.3 Å². The van der Waals surface area contributed by atoms with E-state index >= 15 is 0 Å². The number of nitro benzene ring substituents is 1. The molecule has 0 bridgehead atoms. The normalized spacial score (nSPS) is 11.2. The average Bonchev–Trinajstić information content (AvgIpc) is 3.08. The summed E-state index contributed by atoms with van der Waals surface area (Å²) in [6.07, 6.45) is 0. The molecule has 0 aliphatic heterocycles. The van der Waals surface area contributed by atoms with Gasteiger partial charge in [0.2, 0.25) is 5.88 Å². The second-order valence-electron chi connectivity index (χ2n) is 7.00. The molecule has 0 unspecified atom stereocenters. The Balaban J connectivity index is 1.53. The lowest BCUT2D eigenvalue weighted by molar-refractivity contribution is -0.384. The van der Waals surface area contributed by atoms with E-state index in [1.807, 2.05) is 30.3 Å². The molecule has 4 rings (SSSR count). The van der Waals surface area contributed by atoms with Gasteiger partial charge in [0.25, 0.3) is 5.69 Å². The van der Waals surface area contributed by atoms with Gasteiger partial charge in [0, 0.05) is 22.5 Å². The monoisotopic (exact) mass is 464 g/mol. The number of fused-ring (bicyclic) bond motifs is 1. The van der Waals surface area contributed by atoms with E-state index in [2.05, 4.69) is 10.2 Å². The molecule has 1 heterocycles. The van der Waals surface area contributed by atoms with Crippen LogP contribution in [0.1, 0.15) is 5.56 Å².